The molecular weight excluding hydrogens is 280 g/mol. The largest absolute Gasteiger partial charge is 0.465 e. The van der Waals surface area contributed by atoms with Gasteiger partial charge in [-0.1, -0.05) is 17.3 Å². The van der Waals surface area contributed by atoms with Crippen molar-refractivity contribution in [3.05, 3.63) is 36.0 Å². The lowest BCUT2D eigenvalue weighted by Crippen LogP contribution is -2.29. The number of likely N-dealkylation sites (N-methyl/N-ethyl adjacent to an activating group) is 1. The Balaban J connectivity index is 1.77. The fraction of sp³-hybridized carbons (Fsp3) is 0.438. The molecule has 2 heterocycles. The molecular formula is C16H20N4O2. The zero-order valence-corrected chi connectivity index (χ0v) is 12.9. The zero-order valence-electron chi connectivity index (χ0n) is 12.9. The molecule has 0 N–H and O–H groups in total. The van der Waals surface area contributed by atoms with E-state index in [9.17, 15) is 4.79 Å². The van der Waals surface area contributed by atoms with Crippen LogP contribution >= 0.6 is 0 Å². The first-order valence-corrected chi connectivity index (χ1v) is 7.46. The third-order valence-electron chi connectivity index (χ3n) is 4.19. The van der Waals surface area contributed by atoms with Crippen LogP contribution in [0.25, 0.3) is 11.3 Å². The molecule has 0 bridgehead atoms. The van der Waals surface area contributed by atoms with Crippen LogP contribution in [0.5, 0.6) is 0 Å². The van der Waals surface area contributed by atoms with Crippen LogP contribution in [0.2, 0.25) is 0 Å². The summed E-state index contributed by atoms with van der Waals surface area (Å²) in [5, 5.41) is 8.43. The van der Waals surface area contributed by atoms with E-state index in [0.717, 1.165) is 24.3 Å². The summed E-state index contributed by atoms with van der Waals surface area (Å²) >= 11 is 0. The van der Waals surface area contributed by atoms with E-state index in [1.165, 1.54) is 20.0 Å². The molecule has 1 saturated heterocycles. The highest BCUT2D eigenvalue weighted by atomic mass is 16.5. The Morgan fingerprint density at radius 1 is 1.45 bits per heavy atom. The van der Waals surface area contributed by atoms with Crippen LogP contribution in [-0.4, -0.2) is 52.6 Å². The molecule has 2 aromatic rings. The highest BCUT2D eigenvalue weighted by Crippen LogP contribution is 2.20. The fourth-order valence-corrected chi connectivity index (χ4v) is 2.87. The summed E-state index contributed by atoms with van der Waals surface area (Å²) in [6.45, 7) is 1.99. The minimum absolute atomic E-state index is 0.346. The van der Waals surface area contributed by atoms with Gasteiger partial charge in [-0.15, -0.1) is 5.10 Å². The van der Waals surface area contributed by atoms with Crippen molar-refractivity contribution in [2.24, 2.45) is 0 Å². The van der Waals surface area contributed by atoms with Crippen LogP contribution in [0, 0.1) is 0 Å². The average Bonchev–Trinajstić information content (AvgIpc) is 3.17. The van der Waals surface area contributed by atoms with Gasteiger partial charge in [-0.2, -0.15) is 0 Å². The Morgan fingerprint density at radius 3 is 3.05 bits per heavy atom. The number of benzene rings is 1. The van der Waals surface area contributed by atoms with E-state index in [2.05, 4.69) is 22.3 Å². The molecule has 6 heteroatoms. The standard InChI is InChI=1S/C16H20N4O2/c1-19-8-4-7-14(19)10-20-11-15(17-18-20)12-5-3-6-13(9-12)16(21)22-2/h3,5-6,9,11,14H,4,7-8,10H2,1-2H3/t14-/m1/s1. The van der Waals surface area contributed by atoms with Gasteiger partial charge in [0.2, 0.25) is 0 Å². The molecule has 1 aliphatic heterocycles. The first-order chi connectivity index (χ1) is 10.7. The van der Waals surface area contributed by atoms with Gasteiger partial charge in [-0.05, 0) is 38.6 Å². The summed E-state index contributed by atoms with van der Waals surface area (Å²) in [6, 6.07) is 7.78. The average molecular weight is 300 g/mol. The summed E-state index contributed by atoms with van der Waals surface area (Å²) in [5.74, 6) is -0.346. The van der Waals surface area contributed by atoms with Crippen LogP contribution in [0.15, 0.2) is 30.5 Å². The van der Waals surface area contributed by atoms with E-state index in [4.69, 9.17) is 4.74 Å². The quantitative estimate of drug-likeness (QED) is 0.806. The number of hydrogen-bond acceptors (Lipinski definition) is 5. The lowest BCUT2D eigenvalue weighted by atomic mass is 10.1. The third kappa shape index (κ3) is 3.01. The molecule has 0 aliphatic carbocycles. The number of ether oxygens (including phenoxy) is 1. The maximum Gasteiger partial charge on any atom is 0.337 e. The molecule has 1 aromatic heterocycles. The molecule has 0 spiro atoms. The summed E-state index contributed by atoms with van der Waals surface area (Å²) in [4.78, 5) is 14.0. The van der Waals surface area contributed by atoms with E-state index >= 15 is 0 Å². The second kappa shape index (κ2) is 6.27. The Morgan fingerprint density at radius 2 is 2.32 bits per heavy atom. The maximum atomic E-state index is 11.6. The van der Waals surface area contributed by atoms with Gasteiger partial charge in [0.25, 0.3) is 0 Å². The highest BCUT2D eigenvalue weighted by molar-refractivity contribution is 5.90. The lowest BCUT2D eigenvalue weighted by molar-refractivity contribution is 0.0601. The second-order valence-corrected chi connectivity index (χ2v) is 5.67. The van der Waals surface area contributed by atoms with E-state index in [1.54, 1.807) is 12.1 Å². The summed E-state index contributed by atoms with van der Waals surface area (Å²) < 4.78 is 6.63. The van der Waals surface area contributed by atoms with E-state index in [1.807, 2.05) is 23.0 Å². The van der Waals surface area contributed by atoms with Gasteiger partial charge >= 0.3 is 5.97 Å². The van der Waals surface area contributed by atoms with E-state index < -0.39 is 0 Å². The molecule has 6 nitrogen and oxygen atoms in total. The van der Waals surface area contributed by atoms with E-state index in [0.29, 0.717) is 11.6 Å². The van der Waals surface area contributed by atoms with Gasteiger partial charge in [-0.25, -0.2) is 4.79 Å². The molecule has 22 heavy (non-hydrogen) atoms. The van der Waals surface area contributed by atoms with Crippen LogP contribution in [0.1, 0.15) is 23.2 Å². The number of hydrogen-bond donors (Lipinski definition) is 0. The third-order valence-corrected chi connectivity index (χ3v) is 4.19. The molecule has 0 unspecified atom stereocenters. The van der Waals surface area contributed by atoms with Gasteiger partial charge in [0.1, 0.15) is 5.69 Å². The summed E-state index contributed by atoms with van der Waals surface area (Å²) in [7, 11) is 3.53. The topological polar surface area (TPSA) is 60.2 Å². The maximum absolute atomic E-state index is 11.6. The Labute approximate surface area is 129 Å². The number of methoxy groups -OCH3 is 1. The van der Waals surface area contributed by atoms with Crippen LogP contribution in [0.4, 0.5) is 0 Å². The number of nitrogens with zero attached hydrogens (tertiary/aromatic N) is 4. The van der Waals surface area contributed by atoms with Crippen LogP contribution in [-0.2, 0) is 11.3 Å². The number of esters is 1. The number of likely N-dealkylation sites (tertiary alicyclic amines) is 1. The highest BCUT2D eigenvalue weighted by Gasteiger charge is 2.21. The first kappa shape index (κ1) is 14.7. The lowest BCUT2D eigenvalue weighted by Gasteiger charge is -2.18. The SMILES string of the molecule is COC(=O)c1cccc(-c2cn(C[C@H]3CCCN3C)nn2)c1. The van der Waals surface area contributed by atoms with Crippen molar-refractivity contribution >= 4 is 5.97 Å². The number of aromatic nitrogens is 3. The Hall–Kier alpha value is -2.21. The summed E-state index contributed by atoms with van der Waals surface area (Å²) in [6.07, 6.45) is 4.37. The van der Waals surface area contributed by atoms with Crippen molar-refractivity contribution in [2.75, 3.05) is 20.7 Å². The van der Waals surface area contributed by atoms with Gasteiger partial charge in [-0.3, -0.25) is 4.68 Å². The summed E-state index contributed by atoms with van der Waals surface area (Å²) in [5.41, 5.74) is 2.16. The first-order valence-electron chi connectivity index (χ1n) is 7.46. The molecule has 1 aromatic carbocycles. The van der Waals surface area contributed by atoms with Crippen molar-refractivity contribution in [1.82, 2.24) is 19.9 Å². The number of carbonyl (C=O) groups excluding carboxylic acids is 1. The van der Waals surface area contributed by atoms with Crippen molar-refractivity contribution < 1.29 is 9.53 Å². The molecule has 0 amide bonds. The number of carbonyl (C=O) groups is 1. The molecule has 0 saturated carbocycles. The van der Waals surface area contributed by atoms with Crippen molar-refractivity contribution in [3.8, 4) is 11.3 Å². The minimum atomic E-state index is -0.346. The smallest absolute Gasteiger partial charge is 0.337 e. The van der Waals surface area contributed by atoms with Crippen molar-refractivity contribution in [3.63, 3.8) is 0 Å². The Kier molecular flexibility index (Phi) is 4.20. The predicted octanol–water partition coefficient (Wildman–Crippen LogP) is 1.83. The molecule has 1 aliphatic rings. The predicted molar refractivity (Wildman–Crippen MR) is 82.4 cm³/mol. The van der Waals surface area contributed by atoms with E-state index in [-0.39, 0.29) is 5.97 Å². The monoisotopic (exact) mass is 300 g/mol. The van der Waals surface area contributed by atoms with Crippen molar-refractivity contribution in [1.29, 1.82) is 0 Å². The molecule has 3 rings (SSSR count). The van der Waals surface area contributed by atoms with Gasteiger partial charge in [0.05, 0.1) is 25.4 Å². The molecule has 116 valence electrons. The fourth-order valence-electron chi connectivity index (χ4n) is 2.87. The van der Waals surface area contributed by atoms with Crippen molar-refractivity contribution in [2.45, 2.75) is 25.4 Å². The zero-order chi connectivity index (χ0) is 15.5. The minimum Gasteiger partial charge on any atom is -0.465 e. The van der Waals surface area contributed by atoms with Gasteiger partial charge in [0.15, 0.2) is 0 Å². The molecule has 0 radical (unpaired) electrons. The van der Waals surface area contributed by atoms with Gasteiger partial charge < -0.3 is 9.64 Å². The normalized spacial score (nSPS) is 18.5. The van der Waals surface area contributed by atoms with Crippen LogP contribution < -0.4 is 0 Å². The Bertz CT molecular complexity index is 668. The molecule has 1 fully saturated rings. The second-order valence-electron chi connectivity index (χ2n) is 5.67. The number of rotatable bonds is 4. The molecule has 1 atom stereocenters. The van der Waals surface area contributed by atoms with Crippen LogP contribution in [0.3, 0.4) is 0 Å². The van der Waals surface area contributed by atoms with Gasteiger partial charge in [0, 0.05) is 11.6 Å².